The zero-order chi connectivity index (χ0) is 13.3. The summed E-state index contributed by atoms with van der Waals surface area (Å²) in [7, 11) is 1.83. The van der Waals surface area contributed by atoms with Crippen LogP contribution in [0.3, 0.4) is 0 Å². The Labute approximate surface area is 112 Å². The highest BCUT2D eigenvalue weighted by atomic mass is 32.1. The van der Waals surface area contributed by atoms with E-state index >= 15 is 0 Å². The minimum Gasteiger partial charge on any atom is -0.393 e. The van der Waals surface area contributed by atoms with Gasteiger partial charge in [0.25, 0.3) is 0 Å². The Hall–Kier alpha value is -0.870. The molecule has 0 aliphatic heterocycles. The molecule has 18 heavy (non-hydrogen) atoms. The van der Waals surface area contributed by atoms with E-state index in [1.807, 2.05) is 7.05 Å². The van der Waals surface area contributed by atoms with Gasteiger partial charge >= 0.3 is 0 Å². The molecule has 3 nitrogen and oxygen atoms in total. The number of carbonyl (C=O) groups excluding carboxylic acids is 1. The van der Waals surface area contributed by atoms with Crippen LogP contribution in [0, 0.1) is 12.8 Å². The zero-order valence-electron chi connectivity index (χ0n) is 11.2. The fourth-order valence-corrected chi connectivity index (χ4v) is 3.26. The summed E-state index contributed by atoms with van der Waals surface area (Å²) in [6, 6.07) is 4.27. The van der Waals surface area contributed by atoms with Gasteiger partial charge in [0.1, 0.15) is 0 Å². The highest BCUT2D eigenvalue weighted by Gasteiger charge is 2.45. The zero-order valence-corrected chi connectivity index (χ0v) is 12.0. The average molecular weight is 267 g/mol. The maximum Gasteiger partial charge on any atom is 0.226 e. The van der Waals surface area contributed by atoms with Gasteiger partial charge in [-0.3, -0.25) is 4.79 Å². The molecule has 1 amide bonds. The lowest BCUT2D eigenvalue weighted by Gasteiger charge is -2.18. The number of aliphatic hydroxyl groups is 1. The molecule has 1 aromatic heterocycles. The summed E-state index contributed by atoms with van der Waals surface area (Å²) in [4.78, 5) is 16.6. The number of aryl methyl sites for hydroxylation is 1. The van der Waals surface area contributed by atoms with E-state index in [0.717, 1.165) is 6.42 Å². The summed E-state index contributed by atoms with van der Waals surface area (Å²) >= 11 is 1.80. The van der Waals surface area contributed by atoms with E-state index in [2.05, 4.69) is 19.1 Å². The standard InChI is InChI=1S/C14H21NO2S/c1-9(16)6-7-15(3)14(17)12-8-11(12)13-5-4-10(2)18-13/h4-5,9,11-12,16H,6-8H2,1-3H3. The van der Waals surface area contributed by atoms with E-state index in [0.29, 0.717) is 18.9 Å². The quantitative estimate of drug-likeness (QED) is 0.890. The third-order valence-corrected chi connectivity index (χ3v) is 4.63. The molecule has 4 heteroatoms. The molecule has 0 spiro atoms. The maximum absolute atomic E-state index is 12.2. The van der Waals surface area contributed by atoms with Crippen molar-refractivity contribution in [1.82, 2.24) is 4.90 Å². The molecule has 1 aliphatic rings. The molecule has 1 saturated carbocycles. The molecule has 1 aromatic rings. The summed E-state index contributed by atoms with van der Waals surface area (Å²) in [6.45, 7) is 4.50. The van der Waals surface area contributed by atoms with Crippen LogP contribution in [0.2, 0.25) is 0 Å². The summed E-state index contributed by atoms with van der Waals surface area (Å²) in [5, 5.41) is 9.23. The van der Waals surface area contributed by atoms with Gasteiger partial charge in [-0.25, -0.2) is 0 Å². The molecule has 1 aliphatic carbocycles. The topological polar surface area (TPSA) is 40.5 Å². The summed E-state index contributed by atoms with van der Waals surface area (Å²) in [5.41, 5.74) is 0. The molecular weight excluding hydrogens is 246 g/mol. The monoisotopic (exact) mass is 267 g/mol. The third kappa shape index (κ3) is 3.12. The fourth-order valence-electron chi connectivity index (χ4n) is 2.21. The van der Waals surface area contributed by atoms with Gasteiger partial charge in [0.2, 0.25) is 5.91 Å². The predicted molar refractivity (Wildman–Crippen MR) is 73.8 cm³/mol. The van der Waals surface area contributed by atoms with E-state index in [9.17, 15) is 9.90 Å². The van der Waals surface area contributed by atoms with Crippen LogP contribution in [0.1, 0.15) is 35.4 Å². The molecule has 1 heterocycles. The number of nitrogens with zero attached hydrogens (tertiary/aromatic N) is 1. The van der Waals surface area contributed by atoms with Crippen molar-refractivity contribution in [2.24, 2.45) is 5.92 Å². The Morgan fingerprint density at radius 3 is 2.89 bits per heavy atom. The van der Waals surface area contributed by atoms with Crippen molar-refractivity contribution < 1.29 is 9.90 Å². The number of thiophene rings is 1. The van der Waals surface area contributed by atoms with Crippen LogP contribution < -0.4 is 0 Å². The molecule has 0 radical (unpaired) electrons. The van der Waals surface area contributed by atoms with E-state index in [-0.39, 0.29) is 17.9 Å². The van der Waals surface area contributed by atoms with Gasteiger partial charge in [0.15, 0.2) is 0 Å². The number of amides is 1. The Bertz CT molecular complexity index is 427. The average Bonchev–Trinajstić information content (AvgIpc) is 3.01. The second kappa shape index (κ2) is 5.41. The Morgan fingerprint density at radius 2 is 2.33 bits per heavy atom. The first kappa shape index (κ1) is 13.6. The summed E-state index contributed by atoms with van der Waals surface area (Å²) in [6.07, 6.45) is 1.30. The Kier molecular flexibility index (Phi) is 4.07. The smallest absolute Gasteiger partial charge is 0.226 e. The van der Waals surface area contributed by atoms with Crippen LogP contribution in [-0.2, 0) is 4.79 Å². The first-order valence-electron chi connectivity index (χ1n) is 6.48. The molecule has 0 saturated heterocycles. The van der Waals surface area contributed by atoms with E-state index in [1.165, 1.54) is 9.75 Å². The van der Waals surface area contributed by atoms with Gasteiger partial charge in [-0.05, 0) is 38.8 Å². The van der Waals surface area contributed by atoms with Crippen molar-refractivity contribution in [3.63, 3.8) is 0 Å². The largest absolute Gasteiger partial charge is 0.393 e. The predicted octanol–water partition coefficient (Wildman–Crippen LogP) is 2.39. The minimum atomic E-state index is -0.338. The highest BCUT2D eigenvalue weighted by molar-refractivity contribution is 7.12. The van der Waals surface area contributed by atoms with Crippen LogP contribution in [0.4, 0.5) is 0 Å². The molecule has 100 valence electrons. The molecule has 0 aromatic carbocycles. The molecular formula is C14H21NO2S. The SMILES string of the molecule is Cc1ccc(C2CC2C(=O)N(C)CCC(C)O)s1. The van der Waals surface area contributed by atoms with Crippen molar-refractivity contribution in [3.8, 4) is 0 Å². The van der Waals surface area contributed by atoms with E-state index in [4.69, 9.17) is 0 Å². The molecule has 3 atom stereocenters. The molecule has 0 bridgehead atoms. The van der Waals surface area contributed by atoms with Crippen molar-refractivity contribution in [3.05, 3.63) is 21.9 Å². The Morgan fingerprint density at radius 1 is 1.61 bits per heavy atom. The second-order valence-corrected chi connectivity index (χ2v) is 6.61. The van der Waals surface area contributed by atoms with Crippen LogP contribution in [0.25, 0.3) is 0 Å². The molecule has 3 unspecified atom stereocenters. The summed E-state index contributed by atoms with van der Waals surface area (Å²) in [5.74, 6) is 0.832. The normalized spacial score (nSPS) is 23.8. The molecule has 1 fully saturated rings. The van der Waals surface area contributed by atoms with Gasteiger partial charge in [0.05, 0.1) is 6.10 Å². The number of rotatable bonds is 5. The van der Waals surface area contributed by atoms with Crippen molar-refractivity contribution in [2.45, 2.75) is 38.7 Å². The van der Waals surface area contributed by atoms with Crippen LogP contribution >= 0.6 is 11.3 Å². The van der Waals surface area contributed by atoms with Crippen molar-refractivity contribution in [1.29, 1.82) is 0 Å². The van der Waals surface area contributed by atoms with E-state index < -0.39 is 0 Å². The van der Waals surface area contributed by atoms with Crippen molar-refractivity contribution in [2.75, 3.05) is 13.6 Å². The highest BCUT2D eigenvalue weighted by Crippen LogP contribution is 2.50. The Balaban J connectivity index is 1.85. The van der Waals surface area contributed by atoms with Gasteiger partial charge in [-0.15, -0.1) is 11.3 Å². The minimum absolute atomic E-state index is 0.169. The first-order valence-corrected chi connectivity index (χ1v) is 7.30. The second-order valence-electron chi connectivity index (χ2n) is 5.29. The van der Waals surface area contributed by atoms with Gasteiger partial charge in [-0.1, -0.05) is 0 Å². The maximum atomic E-state index is 12.2. The van der Waals surface area contributed by atoms with Crippen molar-refractivity contribution >= 4 is 17.2 Å². The summed E-state index contributed by atoms with van der Waals surface area (Å²) < 4.78 is 0. The van der Waals surface area contributed by atoms with Gasteiger partial charge < -0.3 is 10.0 Å². The lowest BCUT2D eigenvalue weighted by Crippen LogP contribution is -2.30. The number of carbonyl (C=O) groups is 1. The van der Waals surface area contributed by atoms with Crippen LogP contribution in [-0.4, -0.2) is 35.6 Å². The third-order valence-electron chi connectivity index (χ3n) is 3.49. The van der Waals surface area contributed by atoms with Crippen LogP contribution in [0.15, 0.2) is 12.1 Å². The van der Waals surface area contributed by atoms with E-state index in [1.54, 1.807) is 23.2 Å². The van der Waals surface area contributed by atoms with Gasteiger partial charge in [-0.2, -0.15) is 0 Å². The number of hydrogen-bond donors (Lipinski definition) is 1. The first-order chi connectivity index (χ1) is 8.49. The lowest BCUT2D eigenvalue weighted by molar-refractivity contribution is -0.131. The fraction of sp³-hybridized carbons (Fsp3) is 0.643. The lowest BCUT2D eigenvalue weighted by atomic mass is 10.2. The van der Waals surface area contributed by atoms with Crippen LogP contribution in [0.5, 0.6) is 0 Å². The molecule has 1 N–H and O–H groups in total. The number of hydrogen-bond acceptors (Lipinski definition) is 3. The molecule has 2 rings (SSSR count). The van der Waals surface area contributed by atoms with Gasteiger partial charge in [0, 0.05) is 35.2 Å². The number of aliphatic hydroxyl groups excluding tert-OH is 1.